The molecule has 0 amide bonds. The molecule has 1 unspecified atom stereocenters. The van der Waals surface area contributed by atoms with E-state index in [-0.39, 0.29) is 11.6 Å². The van der Waals surface area contributed by atoms with Crippen LogP contribution in [0.25, 0.3) is 11.3 Å². The summed E-state index contributed by atoms with van der Waals surface area (Å²) in [6.07, 6.45) is 0. The third-order valence-corrected chi connectivity index (χ3v) is 5.38. The van der Waals surface area contributed by atoms with Gasteiger partial charge >= 0.3 is 0 Å². The van der Waals surface area contributed by atoms with Gasteiger partial charge in [-0.05, 0) is 34.0 Å². The van der Waals surface area contributed by atoms with Gasteiger partial charge in [0, 0.05) is 21.0 Å². The predicted molar refractivity (Wildman–Crippen MR) is 98.0 cm³/mol. The van der Waals surface area contributed by atoms with Crippen LogP contribution in [0.5, 0.6) is 0 Å². The Balaban J connectivity index is 1.82. The maximum atomic E-state index is 12.5. The van der Waals surface area contributed by atoms with E-state index in [1.54, 1.807) is 28.2 Å². The number of aromatic nitrogens is 6. The van der Waals surface area contributed by atoms with E-state index in [1.807, 2.05) is 29.6 Å². The van der Waals surface area contributed by atoms with E-state index in [1.165, 1.54) is 0 Å². The molecule has 0 saturated carbocycles. The first-order valence-electron chi connectivity index (χ1n) is 7.69. The third kappa shape index (κ3) is 2.25. The van der Waals surface area contributed by atoms with Crippen LogP contribution in [0.3, 0.4) is 0 Å². The molecule has 26 heavy (non-hydrogen) atoms. The normalized spacial score (nSPS) is 15.2. The van der Waals surface area contributed by atoms with Crippen molar-refractivity contribution in [3.8, 4) is 11.3 Å². The molecule has 4 heterocycles. The molecular weight excluding hydrogens is 374 g/mol. The van der Waals surface area contributed by atoms with Crippen LogP contribution in [0.2, 0.25) is 5.02 Å². The van der Waals surface area contributed by atoms with Crippen LogP contribution in [0.15, 0.2) is 46.6 Å². The second kappa shape index (κ2) is 5.75. The van der Waals surface area contributed by atoms with Gasteiger partial charge in [0.1, 0.15) is 11.7 Å². The number of nitrogens with one attached hydrogen (secondary N) is 2. The lowest BCUT2D eigenvalue weighted by Crippen LogP contribution is -2.28. The van der Waals surface area contributed by atoms with E-state index in [0.29, 0.717) is 22.4 Å². The van der Waals surface area contributed by atoms with E-state index in [9.17, 15) is 4.79 Å². The molecule has 0 radical (unpaired) electrons. The fourth-order valence-electron chi connectivity index (χ4n) is 3.08. The minimum atomic E-state index is -0.350. The summed E-state index contributed by atoms with van der Waals surface area (Å²) in [6, 6.07) is 10.9. The number of benzene rings is 1. The summed E-state index contributed by atoms with van der Waals surface area (Å²) in [7, 11) is 0. The molecule has 4 aromatic rings. The number of H-pyrrole nitrogens is 1. The van der Waals surface area contributed by atoms with Gasteiger partial charge in [-0.3, -0.25) is 4.79 Å². The van der Waals surface area contributed by atoms with Crippen LogP contribution in [0.1, 0.15) is 16.5 Å². The van der Waals surface area contributed by atoms with Crippen molar-refractivity contribution in [1.29, 1.82) is 0 Å². The van der Waals surface area contributed by atoms with E-state index in [4.69, 9.17) is 11.6 Å². The van der Waals surface area contributed by atoms with Gasteiger partial charge in [-0.25, -0.2) is 5.10 Å². The molecule has 0 bridgehead atoms. The lowest BCUT2D eigenvalue weighted by molar-refractivity contribution is 0.574. The third-order valence-electron chi connectivity index (χ3n) is 4.20. The van der Waals surface area contributed by atoms with Crippen molar-refractivity contribution in [1.82, 2.24) is 30.4 Å². The predicted octanol–water partition coefficient (Wildman–Crippen LogP) is 2.83. The summed E-state index contributed by atoms with van der Waals surface area (Å²) < 4.78 is 1.66. The Bertz CT molecular complexity index is 1150. The largest absolute Gasteiger partial charge is 0.318 e. The molecule has 10 heteroatoms. The number of thiophene rings is 1. The standard InChI is InChI=1S/C16H10ClN7OS/c17-9-5-3-8(4-6-9)12-11-13(15(25)20-19-12)18-16-21-22-23-24(16)14(11)10-2-1-7-26-10/h1-7,14H,(H,20,25)(H,18,21,23). The molecular formula is C16H10ClN7OS. The van der Waals surface area contributed by atoms with Gasteiger partial charge in [-0.1, -0.05) is 34.9 Å². The molecule has 0 saturated heterocycles. The fourth-order valence-corrected chi connectivity index (χ4v) is 4.02. The Hall–Kier alpha value is -3.04. The first-order valence-corrected chi connectivity index (χ1v) is 8.95. The van der Waals surface area contributed by atoms with Crippen molar-refractivity contribution in [2.45, 2.75) is 6.04 Å². The second-order valence-corrected chi connectivity index (χ2v) is 7.10. The monoisotopic (exact) mass is 383 g/mol. The minimum Gasteiger partial charge on any atom is -0.318 e. The number of hydrogen-bond acceptors (Lipinski definition) is 7. The van der Waals surface area contributed by atoms with E-state index < -0.39 is 0 Å². The van der Waals surface area contributed by atoms with Gasteiger partial charge in [0.2, 0.25) is 5.95 Å². The van der Waals surface area contributed by atoms with Gasteiger partial charge in [0.15, 0.2) is 0 Å². The van der Waals surface area contributed by atoms with Crippen molar-refractivity contribution in [2.75, 3.05) is 5.32 Å². The number of fused-ring (bicyclic) bond motifs is 2. The number of hydrogen-bond donors (Lipinski definition) is 2. The maximum Gasteiger partial charge on any atom is 0.288 e. The average Bonchev–Trinajstić information content (AvgIpc) is 3.33. The van der Waals surface area contributed by atoms with Crippen LogP contribution in [0, 0.1) is 0 Å². The van der Waals surface area contributed by atoms with Crippen LogP contribution < -0.4 is 10.9 Å². The highest BCUT2D eigenvalue weighted by Crippen LogP contribution is 2.42. The lowest BCUT2D eigenvalue weighted by atomic mass is 9.96. The van der Waals surface area contributed by atoms with Crippen molar-refractivity contribution >= 4 is 34.6 Å². The van der Waals surface area contributed by atoms with Gasteiger partial charge in [0.05, 0.1) is 5.69 Å². The van der Waals surface area contributed by atoms with Crippen LogP contribution in [0.4, 0.5) is 11.6 Å². The molecule has 0 spiro atoms. The Morgan fingerprint density at radius 3 is 2.81 bits per heavy atom. The summed E-state index contributed by atoms with van der Waals surface area (Å²) in [5.74, 6) is 0.412. The number of aromatic amines is 1. The van der Waals surface area contributed by atoms with Crippen molar-refractivity contribution in [3.05, 3.63) is 67.6 Å². The summed E-state index contributed by atoms with van der Waals surface area (Å²) >= 11 is 7.58. The smallest absolute Gasteiger partial charge is 0.288 e. The zero-order valence-corrected chi connectivity index (χ0v) is 14.6. The Morgan fingerprint density at radius 2 is 2.04 bits per heavy atom. The summed E-state index contributed by atoms with van der Waals surface area (Å²) in [6.45, 7) is 0. The summed E-state index contributed by atoms with van der Waals surface area (Å²) in [4.78, 5) is 13.5. The highest BCUT2D eigenvalue weighted by molar-refractivity contribution is 7.10. The second-order valence-electron chi connectivity index (χ2n) is 5.69. The van der Waals surface area contributed by atoms with Gasteiger partial charge in [-0.2, -0.15) is 9.78 Å². The van der Waals surface area contributed by atoms with Gasteiger partial charge in [0.25, 0.3) is 5.56 Å². The summed E-state index contributed by atoms with van der Waals surface area (Å²) in [5, 5.41) is 24.3. The van der Waals surface area contributed by atoms with Crippen molar-refractivity contribution < 1.29 is 0 Å². The lowest BCUT2D eigenvalue weighted by Gasteiger charge is -2.26. The van der Waals surface area contributed by atoms with E-state index in [2.05, 4.69) is 31.0 Å². The Labute approximate surface area is 155 Å². The Morgan fingerprint density at radius 1 is 1.19 bits per heavy atom. The molecule has 1 aliphatic heterocycles. The molecule has 128 valence electrons. The topological polar surface area (TPSA) is 101 Å². The molecule has 1 atom stereocenters. The van der Waals surface area contributed by atoms with Gasteiger partial charge in [-0.15, -0.1) is 11.3 Å². The number of nitrogens with zero attached hydrogens (tertiary/aromatic N) is 5. The molecule has 8 nitrogen and oxygen atoms in total. The number of tetrazole rings is 1. The van der Waals surface area contributed by atoms with E-state index >= 15 is 0 Å². The molecule has 1 aliphatic rings. The Kier molecular flexibility index (Phi) is 3.37. The average molecular weight is 384 g/mol. The molecule has 1 aromatic carbocycles. The molecule has 0 aliphatic carbocycles. The maximum absolute atomic E-state index is 12.5. The SMILES string of the molecule is O=c1[nH]nc(-c2ccc(Cl)cc2)c2c1Nc1nnnn1C2c1cccs1. The highest BCUT2D eigenvalue weighted by Gasteiger charge is 2.34. The first-order chi connectivity index (χ1) is 12.7. The minimum absolute atomic E-state index is 0.325. The zero-order valence-electron chi connectivity index (χ0n) is 13.0. The van der Waals surface area contributed by atoms with Crippen molar-refractivity contribution in [2.24, 2.45) is 0 Å². The summed E-state index contributed by atoms with van der Waals surface area (Å²) in [5.41, 5.74) is 2.27. The van der Waals surface area contributed by atoms with Crippen molar-refractivity contribution in [3.63, 3.8) is 0 Å². The number of rotatable bonds is 2. The molecule has 5 rings (SSSR count). The van der Waals surface area contributed by atoms with Crippen LogP contribution in [-0.2, 0) is 0 Å². The number of halogens is 1. The first kappa shape index (κ1) is 15.2. The quantitative estimate of drug-likeness (QED) is 0.486. The molecule has 2 N–H and O–H groups in total. The fraction of sp³-hybridized carbons (Fsp3) is 0.0625. The number of anilines is 2. The van der Waals surface area contributed by atoms with Crippen LogP contribution in [-0.4, -0.2) is 30.4 Å². The molecule has 3 aromatic heterocycles. The van der Waals surface area contributed by atoms with Crippen LogP contribution >= 0.6 is 22.9 Å². The highest BCUT2D eigenvalue weighted by atomic mass is 35.5. The molecule has 0 fully saturated rings. The zero-order chi connectivity index (χ0) is 17.7. The van der Waals surface area contributed by atoms with Gasteiger partial charge < -0.3 is 5.32 Å². The van der Waals surface area contributed by atoms with E-state index in [0.717, 1.165) is 16.0 Å².